The molecule has 2 rings (SSSR count). The summed E-state index contributed by atoms with van der Waals surface area (Å²) in [5, 5.41) is 1.94. The van der Waals surface area contributed by atoms with E-state index in [1.165, 1.54) is 5.41 Å². The van der Waals surface area contributed by atoms with Crippen LogP contribution in [0.15, 0.2) is 28.5 Å². The molecule has 1 heterocycles. The Balaban J connectivity index is 2.45. The maximum atomic E-state index is 12.0. The molecule has 1 aliphatic rings. The molecular formula is C13H16O2S2. The van der Waals surface area contributed by atoms with E-state index in [2.05, 4.69) is 13.8 Å². The minimum Gasteiger partial charge on any atom is -0.219 e. The molecule has 1 aromatic carbocycles. The van der Waals surface area contributed by atoms with Crippen LogP contribution in [0.3, 0.4) is 0 Å². The minimum atomic E-state index is -3.20. The molecule has 0 radical (unpaired) electrons. The third-order valence-corrected chi connectivity index (χ3v) is 5.42. The Bertz CT molecular complexity index is 569. The predicted octanol–water partition coefficient (Wildman–Crippen LogP) is 3.26. The molecule has 17 heavy (non-hydrogen) atoms. The second kappa shape index (κ2) is 4.50. The number of fused-ring (bicyclic) bond motifs is 1. The summed E-state index contributed by atoms with van der Waals surface area (Å²) in [4.78, 5) is 0.469. The molecule has 0 saturated heterocycles. The number of hydrogen-bond donors (Lipinski definition) is 0. The van der Waals surface area contributed by atoms with Crippen molar-refractivity contribution in [3.8, 4) is 0 Å². The highest BCUT2D eigenvalue weighted by atomic mass is 32.2. The topological polar surface area (TPSA) is 34.1 Å². The molecule has 2 nitrogen and oxygen atoms in total. The fourth-order valence-corrected chi connectivity index (χ4v) is 4.36. The lowest BCUT2D eigenvalue weighted by molar-refractivity contribution is 0.605. The summed E-state index contributed by atoms with van der Waals surface area (Å²) in [6.07, 6.45) is 0. The van der Waals surface area contributed by atoms with E-state index in [1.807, 2.05) is 13.0 Å². The lowest BCUT2D eigenvalue weighted by Crippen LogP contribution is -1.96. The maximum Gasteiger partial charge on any atom is 0.200 e. The van der Waals surface area contributed by atoms with Crippen molar-refractivity contribution in [2.24, 2.45) is 0 Å². The fraction of sp³-hybridized carbons (Fsp3) is 0.385. The number of aryl methyl sites for hydroxylation is 1. The van der Waals surface area contributed by atoms with Gasteiger partial charge in [0.1, 0.15) is 0 Å². The SMILES string of the molecule is Cc1cccc2c1C(CSC(C)C)=CS2(=O)=O. The van der Waals surface area contributed by atoms with Crippen molar-refractivity contribution in [2.75, 3.05) is 5.75 Å². The summed E-state index contributed by atoms with van der Waals surface area (Å²) >= 11 is 1.77. The van der Waals surface area contributed by atoms with Crippen molar-refractivity contribution in [3.05, 3.63) is 34.7 Å². The van der Waals surface area contributed by atoms with Gasteiger partial charge in [0.15, 0.2) is 0 Å². The Kier molecular flexibility index (Phi) is 3.36. The predicted molar refractivity (Wildman–Crippen MR) is 73.9 cm³/mol. The zero-order valence-corrected chi connectivity index (χ0v) is 11.9. The van der Waals surface area contributed by atoms with Crippen molar-refractivity contribution < 1.29 is 8.42 Å². The summed E-state index contributed by atoms with van der Waals surface area (Å²) in [6, 6.07) is 5.47. The van der Waals surface area contributed by atoms with E-state index in [1.54, 1.807) is 23.9 Å². The lowest BCUT2D eigenvalue weighted by atomic mass is 10.0. The van der Waals surface area contributed by atoms with Gasteiger partial charge in [-0.25, -0.2) is 8.42 Å². The van der Waals surface area contributed by atoms with Crippen LogP contribution in [0.1, 0.15) is 25.0 Å². The minimum absolute atomic E-state index is 0.469. The molecule has 0 aliphatic carbocycles. The monoisotopic (exact) mass is 268 g/mol. The molecule has 0 spiro atoms. The third kappa shape index (κ3) is 2.43. The summed E-state index contributed by atoms with van der Waals surface area (Å²) in [5.41, 5.74) is 2.90. The summed E-state index contributed by atoms with van der Waals surface area (Å²) in [7, 11) is -3.20. The van der Waals surface area contributed by atoms with Crippen LogP contribution in [0, 0.1) is 6.92 Å². The van der Waals surface area contributed by atoms with Gasteiger partial charge in [0, 0.05) is 16.7 Å². The van der Waals surface area contributed by atoms with Gasteiger partial charge < -0.3 is 0 Å². The molecule has 1 aromatic rings. The molecule has 0 amide bonds. The zero-order valence-electron chi connectivity index (χ0n) is 10.2. The van der Waals surface area contributed by atoms with Gasteiger partial charge >= 0.3 is 0 Å². The van der Waals surface area contributed by atoms with Gasteiger partial charge in [0.2, 0.25) is 9.84 Å². The Hall–Kier alpha value is -0.740. The molecule has 0 fully saturated rings. The smallest absolute Gasteiger partial charge is 0.200 e. The van der Waals surface area contributed by atoms with Crippen LogP contribution in [0.25, 0.3) is 5.57 Å². The molecule has 92 valence electrons. The Morgan fingerprint density at radius 2 is 2.00 bits per heavy atom. The standard InChI is InChI=1S/C13H16O2S2/c1-9(2)16-7-11-8-17(14,15)12-6-4-5-10(3)13(11)12/h4-6,8-9H,7H2,1-3H3. The van der Waals surface area contributed by atoms with Crippen LogP contribution in [0.4, 0.5) is 0 Å². The summed E-state index contributed by atoms with van der Waals surface area (Å²) in [5.74, 6) is 0.759. The van der Waals surface area contributed by atoms with E-state index in [4.69, 9.17) is 0 Å². The first-order chi connectivity index (χ1) is 7.92. The highest BCUT2D eigenvalue weighted by Crippen LogP contribution is 2.37. The van der Waals surface area contributed by atoms with Gasteiger partial charge in [0.05, 0.1) is 4.90 Å². The highest BCUT2D eigenvalue weighted by molar-refractivity contribution is 8.00. The van der Waals surface area contributed by atoms with Gasteiger partial charge in [-0.3, -0.25) is 0 Å². The number of sulfone groups is 1. The molecule has 0 unspecified atom stereocenters. The van der Waals surface area contributed by atoms with Crippen LogP contribution in [0.2, 0.25) is 0 Å². The van der Waals surface area contributed by atoms with Crippen LogP contribution >= 0.6 is 11.8 Å². The van der Waals surface area contributed by atoms with Crippen LogP contribution < -0.4 is 0 Å². The molecule has 0 N–H and O–H groups in total. The van der Waals surface area contributed by atoms with E-state index < -0.39 is 9.84 Å². The van der Waals surface area contributed by atoms with Gasteiger partial charge in [-0.15, -0.1) is 0 Å². The van der Waals surface area contributed by atoms with Crippen LogP contribution in [0.5, 0.6) is 0 Å². The number of thioether (sulfide) groups is 1. The van der Waals surface area contributed by atoms with Crippen molar-refractivity contribution in [1.82, 2.24) is 0 Å². The number of hydrogen-bond acceptors (Lipinski definition) is 3. The van der Waals surface area contributed by atoms with E-state index in [9.17, 15) is 8.42 Å². The average molecular weight is 268 g/mol. The molecule has 4 heteroatoms. The second-order valence-corrected chi connectivity index (χ2v) is 7.83. The Morgan fingerprint density at radius 3 is 2.65 bits per heavy atom. The van der Waals surface area contributed by atoms with E-state index in [0.29, 0.717) is 10.1 Å². The lowest BCUT2D eigenvalue weighted by Gasteiger charge is -2.09. The fourth-order valence-electron chi connectivity index (χ4n) is 1.96. The van der Waals surface area contributed by atoms with E-state index in [-0.39, 0.29) is 0 Å². The average Bonchev–Trinajstić information content (AvgIpc) is 2.49. The molecule has 0 bridgehead atoms. The summed E-state index contributed by atoms with van der Waals surface area (Å²) < 4.78 is 23.9. The second-order valence-electron chi connectivity index (χ2n) is 4.50. The molecule has 0 aromatic heterocycles. The molecule has 0 atom stereocenters. The summed E-state index contributed by atoms with van der Waals surface area (Å²) in [6.45, 7) is 6.20. The molecule has 1 aliphatic heterocycles. The number of rotatable bonds is 3. The van der Waals surface area contributed by atoms with Gasteiger partial charge in [-0.2, -0.15) is 11.8 Å². The Labute approximate surface area is 107 Å². The first-order valence-corrected chi connectivity index (χ1v) is 8.18. The number of benzene rings is 1. The molecular weight excluding hydrogens is 252 g/mol. The maximum absolute atomic E-state index is 12.0. The van der Waals surface area contributed by atoms with Crippen molar-refractivity contribution >= 4 is 27.2 Å². The highest BCUT2D eigenvalue weighted by Gasteiger charge is 2.27. The van der Waals surface area contributed by atoms with Crippen molar-refractivity contribution in [3.63, 3.8) is 0 Å². The van der Waals surface area contributed by atoms with Crippen LogP contribution in [-0.2, 0) is 9.84 Å². The van der Waals surface area contributed by atoms with Gasteiger partial charge in [-0.05, 0) is 29.4 Å². The van der Waals surface area contributed by atoms with Crippen molar-refractivity contribution in [2.45, 2.75) is 30.9 Å². The van der Waals surface area contributed by atoms with Gasteiger partial charge in [0.25, 0.3) is 0 Å². The van der Waals surface area contributed by atoms with E-state index >= 15 is 0 Å². The van der Waals surface area contributed by atoms with E-state index in [0.717, 1.165) is 22.5 Å². The first-order valence-electron chi connectivity index (χ1n) is 5.59. The third-order valence-electron chi connectivity index (χ3n) is 2.73. The normalized spacial score (nSPS) is 17.1. The first kappa shape index (κ1) is 12.7. The van der Waals surface area contributed by atoms with Gasteiger partial charge in [-0.1, -0.05) is 26.0 Å². The zero-order chi connectivity index (χ0) is 12.6. The Morgan fingerprint density at radius 1 is 1.29 bits per heavy atom. The van der Waals surface area contributed by atoms with Crippen LogP contribution in [-0.4, -0.2) is 19.4 Å². The van der Waals surface area contributed by atoms with Crippen molar-refractivity contribution in [1.29, 1.82) is 0 Å². The quantitative estimate of drug-likeness (QED) is 0.844. The molecule has 0 saturated carbocycles. The largest absolute Gasteiger partial charge is 0.219 e.